The van der Waals surface area contributed by atoms with Crippen LogP contribution in [-0.2, 0) is 4.79 Å². The smallest absolute Gasteiger partial charge is 0.243 e. The minimum Gasteiger partial charge on any atom is -0.477 e. The molecule has 190 valence electrons. The van der Waals surface area contributed by atoms with E-state index in [1.54, 1.807) is 19.2 Å². The van der Waals surface area contributed by atoms with Crippen LogP contribution in [0.4, 0.5) is 4.39 Å². The number of rotatable bonds is 11. The number of ether oxygens (including phenoxy) is 1. The van der Waals surface area contributed by atoms with Gasteiger partial charge in [-0.05, 0) is 66.7 Å². The first-order valence-electron chi connectivity index (χ1n) is 12.4. The molecule has 7 nitrogen and oxygen atoms in total. The Morgan fingerprint density at radius 3 is 2.62 bits per heavy atom. The Bertz CT molecular complexity index is 1400. The van der Waals surface area contributed by atoms with Crippen molar-refractivity contribution < 1.29 is 13.9 Å². The monoisotopic (exact) mass is 499 g/mol. The van der Waals surface area contributed by atoms with E-state index in [4.69, 9.17) is 4.74 Å². The number of aromatic amines is 1. The van der Waals surface area contributed by atoms with Gasteiger partial charge in [0.15, 0.2) is 0 Å². The van der Waals surface area contributed by atoms with Crippen molar-refractivity contribution in [2.75, 3.05) is 13.7 Å². The maximum Gasteiger partial charge on any atom is 0.243 e. The average Bonchev–Trinajstić information content (AvgIpc) is 3.31. The Kier molecular flexibility index (Phi) is 8.75. The van der Waals surface area contributed by atoms with E-state index < -0.39 is 5.95 Å². The predicted octanol–water partition coefficient (Wildman–Crippen LogP) is 5.71. The number of carbonyl (C=O) groups excluding carboxylic acids is 1. The average molecular weight is 500 g/mol. The fourth-order valence-corrected chi connectivity index (χ4v) is 4.12. The molecule has 0 spiro atoms. The Morgan fingerprint density at radius 2 is 1.89 bits per heavy atom. The summed E-state index contributed by atoms with van der Waals surface area (Å²) in [5.74, 6) is -0.126. The molecule has 0 aliphatic heterocycles. The number of carbonyl (C=O) groups is 1. The summed E-state index contributed by atoms with van der Waals surface area (Å²) < 4.78 is 20.1. The Morgan fingerprint density at radius 1 is 1.05 bits per heavy atom. The van der Waals surface area contributed by atoms with E-state index in [2.05, 4.69) is 44.8 Å². The summed E-state index contributed by atoms with van der Waals surface area (Å²) in [7, 11) is 1.61. The molecular weight excluding hydrogens is 469 g/mol. The molecule has 0 bridgehead atoms. The summed E-state index contributed by atoms with van der Waals surface area (Å²) in [5, 5.41) is 18.2. The highest BCUT2D eigenvalue weighted by atomic mass is 19.1. The van der Waals surface area contributed by atoms with E-state index in [1.807, 2.05) is 42.5 Å². The number of likely N-dealkylation sites (N-methyl/N-ethyl adjacent to an activating group) is 1. The van der Waals surface area contributed by atoms with Crippen LogP contribution < -0.4 is 10.1 Å². The standard InChI is InChI=1S/C29H30FN5O2/c1-3-22(20-11-7-6-8-12-20)28(21-14-15-24-23(19-21)29(30)35-32-24)25-16-17-27(34-33-25)37-18-10-5-4-9-13-26(36)31-2/h6-9,11-17,19H,3-5,10,18H2,1-2H3,(H,31,36)(H,32,35)/b13-9+,28-22-. The van der Waals surface area contributed by atoms with E-state index in [0.29, 0.717) is 29.1 Å². The molecule has 1 amide bonds. The Hall–Kier alpha value is -4.33. The lowest BCUT2D eigenvalue weighted by molar-refractivity contribution is -0.116. The SMILES string of the molecule is CC/C(=C(\c1ccc2n[nH]c(F)c2c1)c1ccc(OCCCC/C=C/C(=O)NC)nn1)c1ccccc1. The number of aromatic nitrogens is 4. The number of unbranched alkanes of at least 4 members (excludes halogenated alkanes) is 2. The molecule has 2 aromatic heterocycles. The van der Waals surface area contributed by atoms with Crippen molar-refractivity contribution in [1.29, 1.82) is 0 Å². The third-order valence-corrected chi connectivity index (χ3v) is 6.00. The van der Waals surface area contributed by atoms with E-state index in [1.165, 1.54) is 6.08 Å². The molecule has 0 saturated carbocycles. The van der Waals surface area contributed by atoms with Crippen LogP contribution in [0, 0.1) is 5.95 Å². The molecule has 2 N–H and O–H groups in total. The van der Waals surface area contributed by atoms with Gasteiger partial charge in [-0.2, -0.15) is 9.49 Å². The number of hydrogen-bond acceptors (Lipinski definition) is 5. The zero-order valence-corrected chi connectivity index (χ0v) is 21.0. The highest BCUT2D eigenvalue weighted by molar-refractivity contribution is 5.99. The van der Waals surface area contributed by atoms with Gasteiger partial charge >= 0.3 is 0 Å². The zero-order valence-electron chi connectivity index (χ0n) is 21.0. The van der Waals surface area contributed by atoms with Crippen molar-refractivity contribution in [3.8, 4) is 5.88 Å². The summed E-state index contributed by atoms with van der Waals surface area (Å²) in [6.45, 7) is 2.60. The van der Waals surface area contributed by atoms with Crippen molar-refractivity contribution in [2.24, 2.45) is 0 Å². The molecule has 0 radical (unpaired) electrons. The summed E-state index contributed by atoms with van der Waals surface area (Å²) in [4.78, 5) is 11.2. The number of benzene rings is 2. The maximum absolute atomic E-state index is 14.3. The highest BCUT2D eigenvalue weighted by Gasteiger charge is 2.17. The van der Waals surface area contributed by atoms with Crippen LogP contribution >= 0.6 is 0 Å². The van der Waals surface area contributed by atoms with Gasteiger partial charge in [0, 0.05) is 18.7 Å². The molecule has 0 unspecified atom stereocenters. The van der Waals surface area contributed by atoms with Gasteiger partial charge in [0.05, 0.1) is 23.2 Å². The summed E-state index contributed by atoms with van der Waals surface area (Å²) in [6.07, 6.45) is 6.67. The van der Waals surface area contributed by atoms with Crippen LogP contribution in [-0.4, -0.2) is 40.0 Å². The minimum atomic E-state index is -0.465. The number of halogens is 1. The molecule has 8 heteroatoms. The molecule has 0 aliphatic rings. The van der Waals surface area contributed by atoms with Crippen LogP contribution in [0.25, 0.3) is 22.0 Å². The minimum absolute atomic E-state index is 0.103. The van der Waals surface area contributed by atoms with E-state index >= 15 is 0 Å². The number of nitrogens with one attached hydrogen (secondary N) is 2. The molecule has 0 atom stereocenters. The summed E-state index contributed by atoms with van der Waals surface area (Å²) >= 11 is 0. The maximum atomic E-state index is 14.3. The number of hydrogen-bond donors (Lipinski definition) is 2. The summed E-state index contributed by atoms with van der Waals surface area (Å²) in [6, 6.07) is 19.3. The quantitative estimate of drug-likeness (QED) is 0.157. The molecule has 4 aromatic rings. The number of nitrogens with zero attached hydrogens (tertiary/aromatic N) is 3. The summed E-state index contributed by atoms with van der Waals surface area (Å²) in [5.41, 5.74) is 5.12. The first-order valence-corrected chi connectivity index (χ1v) is 12.4. The highest BCUT2D eigenvalue weighted by Crippen LogP contribution is 2.35. The zero-order chi connectivity index (χ0) is 26.0. The molecule has 2 heterocycles. The van der Waals surface area contributed by atoms with Crippen LogP contribution in [0.15, 0.2) is 72.8 Å². The van der Waals surface area contributed by atoms with Gasteiger partial charge in [0.2, 0.25) is 17.7 Å². The molecule has 0 saturated heterocycles. The van der Waals surface area contributed by atoms with E-state index in [-0.39, 0.29) is 5.91 Å². The van der Waals surface area contributed by atoms with E-state index in [9.17, 15) is 9.18 Å². The molecule has 4 rings (SSSR count). The van der Waals surface area contributed by atoms with Crippen LogP contribution in [0.3, 0.4) is 0 Å². The number of H-pyrrole nitrogens is 1. The largest absolute Gasteiger partial charge is 0.477 e. The molecule has 2 aromatic carbocycles. The van der Waals surface area contributed by atoms with Crippen molar-refractivity contribution in [3.63, 3.8) is 0 Å². The van der Waals surface area contributed by atoms with Crippen molar-refractivity contribution in [1.82, 2.24) is 25.7 Å². The lowest BCUT2D eigenvalue weighted by Crippen LogP contribution is -2.13. The van der Waals surface area contributed by atoms with Gasteiger partial charge in [0.1, 0.15) is 0 Å². The van der Waals surface area contributed by atoms with Gasteiger partial charge in [-0.15, -0.1) is 10.2 Å². The Labute approximate surface area is 215 Å². The normalized spacial score (nSPS) is 12.1. The number of fused-ring (bicyclic) bond motifs is 1. The second-order valence-corrected chi connectivity index (χ2v) is 8.46. The van der Waals surface area contributed by atoms with Gasteiger partial charge in [-0.3, -0.25) is 9.89 Å². The number of allylic oxidation sites excluding steroid dienone is 2. The second-order valence-electron chi connectivity index (χ2n) is 8.46. The first kappa shape index (κ1) is 25.8. The van der Waals surface area contributed by atoms with Gasteiger partial charge in [-0.25, -0.2) is 0 Å². The van der Waals surface area contributed by atoms with Crippen LogP contribution in [0.2, 0.25) is 0 Å². The van der Waals surface area contributed by atoms with Crippen molar-refractivity contribution in [2.45, 2.75) is 32.6 Å². The Balaban J connectivity index is 1.56. The second kappa shape index (κ2) is 12.6. The van der Waals surface area contributed by atoms with Gasteiger partial charge in [0.25, 0.3) is 0 Å². The van der Waals surface area contributed by atoms with Crippen molar-refractivity contribution >= 4 is 28.0 Å². The third kappa shape index (κ3) is 6.46. The lowest BCUT2D eigenvalue weighted by Gasteiger charge is -2.15. The van der Waals surface area contributed by atoms with Crippen LogP contribution in [0.5, 0.6) is 5.88 Å². The fourth-order valence-electron chi connectivity index (χ4n) is 4.12. The molecular formula is C29H30FN5O2. The predicted molar refractivity (Wildman–Crippen MR) is 143 cm³/mol. The molecule has 37 heavy (non-hydrogen) atoms. The third-order valence-electron chi connectivity index (χ3n) is 6.00. The van der Waals surface area contributed by atoms with Gasteiger partial charge in [-0.1, -0.05) is 49.4 Å². The molecule has 0 aliphatic carbocycles. The topological polar surface area (TPSA) is 92.8 Å². The van der Waals surface area contributed by atoms with Crippen LogP contribution in [0.1, 0.15) is 49.4 Å². The van der Waals surface area contributed by atoms with Crippen molar-refractivity contribution in [3.05, 3.63) is 95.6 Å². The van der Waals surface area contributed by atoms with Gasteiger partial charge < -0.3 is 10.1 Å². The first-order chi connectivity index (χ1) is 18.1. The number of amides is 1. The molecule has 0 fully saturated rings. The lowest BCUT2D eigenvalue weighted by atomic mass is 9.90. The fraction of sp³-hybridized carbons (Fsp3) is 0.241. The van der Waals surface area contributed by atoms with E-state index in [0.717, 1.165) is 48.0 Å².